The van der Waals surface area contributed by atoms with E-state index in [1.54, 1.807) is 7.11 Å². The first-order valence-corrected chi connectivity index (χ1v) is 10.6. The van der Waals surface area contributed by atoms with Crippen LogP contribution < -0.4 is 20.1 Å². The second-order valence-electron chi connectivity index (χ2n) is 8.01. The summed E-state index contributed by atoms with van der Waals surface area (Å²) in [5.41, 5.74) is 1.08. The Balaban J connectivity index is 1.90. The van der Waals surface area contributed by atoms with E-state index in [1.807, 2.05) is 6.07 Å². The lowest BCUT2D eigenvalue weighted by atomic mass is 9.84. The summed E-state index contributed by atoms with van der Waals surface area (Å²) in [6.45, 7) is 12.8. The predicted octanol–water partition coefficient (Wildman–Crippen LogP) is 2.26. The van der Waals surface area contributed by atoms with Crippen LogP contribution in [-0.4, -0.2) is 77.6 Å². The quantitative estimate of drug-likeness (QED) is 0.334. The van der Waals surface area contributed by atoms with Gasteiger partial charge < -0.3 is 29.7 Å². The highest BCUT2D eigenvalue weighted by atomic mass is 16.6. The third-order valence-corrected chi connectivity index (χ3v) is 4.97. The number of nitrogens with zero attached hydrogens (tertiary/aromatic N) is 2. The highest BCUT2D eigenvalue weighted by Gasteiger charge is 2.23. The van der Waals surface area contributed by atoms with Gasteiger partial charge in [-0.2, -0.15) is 0 Å². The van der Waals surface area contributed by atoms with Crippen molar-refractivity contribution in [2.75, 3.05) is 66.7 Å². The Morgan fingerprint density at radius 2 is 1.93 bits per heavy atom. The van der Waals surface area contributed by atoms with Gasteiger partial charge in [-0.15, -0.1) is 0 Å². The van der Waals surface area contributed by atoms with Gasteiger partial charge in [-0.25, -0.2) is 0 Å². The molecule has 2 N–H and O–H groups in total. The van der Waals surface area contributed by atoms with Gasteiger partial charge in [-0.1, -0.05) is 19.9 Å². The van der Waals surface area contributed by atoms with Crippen molar-refractivity contribution in [3.05, 3.63) is 23.8 Å². The number of hydrogen-bond acceptors (Lipinski definition) is 5. The van der Waals surface area contributed by atoms with E-state index in [9.17, 15) is 0 Å². The van der Waals surface area contributed by atoms with Crippen LogP contribution in [-0.2, 0) is 10.2 Å². The Morgan fingerprint density at radius 1 is 1.17 bits per heavy atom. The molecule has 29 heavy (non-hydrogen) atoms. The van der Waals surface area contributed by atoms with Crippen LogP contribution in [0.3, 0.4) is 0 Å². The van der Waals surface area contributed by atoms with Crippen molar-refractivity contribution < 1.29 is 14.2 Å². The van der Waals surface area contributed by atoms with E-state index >= 15 is 0 Å². The van der Waals surface area contributed by atoms with E-state index in [-0.39, 0.29) is 5.41 Å². The number of hydrogen-bond donors (Lipinski definition) is 2. The van der Waals surface area contributed by atoms with E-state index in [2.05, 4.69) is 55.5 Å². The van der Waals surface area contributed by atoms with Crippen molar-refractivity contribution in [1.29, 1.82) is 0 Å². The number of nitrogens with one attached hydrogen (secondary N) is 2. The second kappa shape index (κ2) is 11.9. The topological polar surface area (TPSA) is 67.4 Å². The van der Waals surface area contributed by atoms with Crippen LogP contribution >= 0.6 is 0 Å². The fourth-order valence-corrected chi connectivity index (χ4v) is 3.13. The fourth-order valence-electron chi connectivity index (χ4n) is 3.13. The zero-order valence-corrected chi connectivity index (χ0v) is 18.7. The van der Waals surface area contributed by atoms with E-state index in [0.29, 0.717) is 19.8 Å². The third kappa shape index (κ3) is 7.74. The van der Waals surface area contributed by atoms with Crippen LogP contribution in [0.4, 0.5) is 0 Å². The molecule has 2 rings (SSSR count). The second-order valence-corrected chi connectivity index (χ2v) is 8.01. The summed E-state index contributed by atoms with van der Waals surface area (Å²) in [5, 5.41) is 6.78. The predicted molar refractivity (Wildman–Crippen MR) is 118 cm³/mol. The maximum absolute atomic E-state index is 5.74. The van der Waals surface area contributed by atoms with Crippen LogP contribution in [0.15, 0.2) is 23.2 Å². The van der Waals surface area contributed by atoms with Gasteiger partial charge in [-0.05, 0) is 38.1 Å². The fraction of sp³-hybridized carbons (Fsp3) is 0.682. The molecule has 7 nitrogen and oxygen atoms in total. The normalized spacial score (nSPS) is 14.2. The highest BCUT2D eigenvalue weighted by Crippen LogP contribution is 2.35. The molecule has 0 bridgehead atoms. The van der Waals surface area contributed by atoms with Gasteiger partial charge in [0.2, 0.25) is 0 Å². The molecule has 0 atom stereocenters. The number of likely N-dealkylation sites (N-methyl/N-ethyl adjacent to an activating group) is 1. The van der Waals surface area contributed by atoms with Gasteiger partial charge in [-0.3, -0.25) is 4.99 Å². The highest BCUT2D eigenvalue weighted by molar-refractivity contribution is 5.79. The van der Waals surface area contributed by atoms with Gasteiger partial charge in [0, 0.05) is 45.3 Å². The molecule has 1 aliphatic heterocycles. The molecule has 164 valence electrons. The standard InChI is InChI=1S/C22H38N4O3/c1-6-23-21(24-10-12-26(4)11-7-13-27-5)25-17-22(2,3)18-8-9-19-20(16-18)29-15-14-28-19/h8-9,16H,6-7,10-15,17H2,1-5H3,(H2,23,24,25). The van der Waals surface area contributed by atoms with E-state index in [4.69, 9.17) is 19.2 Å². The van der Waals surface area contributed by atoms with E-state index in [0.717, 1.165) is 56.7 Å². The summed E-state index contributed by atoms with van der Waals surface area (Å²) < 4.78 is 16.5. The number of guanidine groups is 1. The van der Waals surface area contributed by atoms with E-state index in [1.165, 1.54) is 5.56 Å². The molecule has 0 unspecified atom stereocenters. The average Bonchev–Trinajstić information content (AvgIpc) is 2.72. The minimum absolute atomic E-state index is 0.116. The Kier molecular flexibility index (Phi) is 9.54. The molecule has 0 saturated carbocycles. The Labute approximate surface area is 175 Å². The molecule has 1 heterocycles. The maximum Gasteiger partial charge on any atom is 0.191 e. The summed E-state index contributed by atoms with van der Waals surface area (Å²) in [6, 6.07) is 6.19. The first kappa shape index (κ1) is 23.3. The number of benzene rings is 1. The van der Waals surface area contributed by atoms with Crippen LogP contribution in [0.5, 0.6) is 11.5 Å². The molecule has 1 aliphatic rings. The molecule has 1 aromatic carbocycles. The number of rotatable bonds is 11. The summed E-state index contributed by atoms with van der Waals surface area (Å²) in [5.74, 6) is 2.50. The largest absolute Gasteiger partial charge is 0.486 e. The molecule has 0 radical (unpaired) electrons. The van der Waals surface area contributed by atoms with Crippen molar-refractivity contribution in [1.82, 2.24) is 15.5 Å². The lowest BCUT2D eigenvalue weighted by molar-refractivity contribution is 0.171. The Hall–Kier alpha value is -1.99. The summed E-state index contributed by atoms with van der Waals surface area (Å²) >= 11 is 0. The lowest BCUT2D eigenvalue weighted by Crippen LogP contribution is -2.42. The van der Waals surface area contributed by atoms with Crippen LogP contribution in [0.1, 0.15) is 32.8 Å². The van der Waals surface area contributed by atoms with Gasteiger partial charge in [0.15, 0.2) is 17.5 Å². The van der Waals surface area contributed by atoms with Crippen LogP contribution in [0.2, 0.25) is 0 Å². The minimum atomic E-state index is -0.116. The molecule has 0 aliphatic carbocycles. The van der Waals surface area contributed by atoms with Gasteiger partial charge in [0.25, 0.3) is 0 Å². The zero-order valence-electron chi connectivity index (χ0n) is 18.7. The summed E-state index contributed by atoms with van der Waals surface area (Å²) in [6.07, 6.45) is 1.05. The third-order valence-electron chi connectivity index (χ3n) is 4.97. The molecular weight excluding hydrogens is 368 g/mol. The van der Waals surface area contributed by atoms with Gasteiger partial charge in [0.1, 0.15) is 13.2 Å². The molecule has 0 fully saturated rings. The Morgan fingerprint density at radius 3 is 2.66 bits per heavy atom. The van der Waals surface area contributed by atoms with Crippen molar-refractivity contribution in [3.8, 4) is 11.5 Å². The van der Waals surface area contributed by atoms with Crippen molar-refractivity contribution in [3.63, 3.8) is 0 Å². The molecular formula is C22H38N4O3. The molecule has 0 spiro atoms. The lowest BCUT2D eigenvalue weighted by Gasteiger charge is -2.26. The summed E-state index contributed by atoms with van der Waals surface area (Å²) in [4.78, 5) is 7.13. The molecule has 0 amide bonds. The number of ether oxygens (including phenoxy) is 3. The first-order chi connectivity index (χ1) is 14.0. The smallest absolute Gasteiger partial charge is 0.191 e. The van der Waals surface area contributed by atoms with Gasteiger partial charge in [0.05, 0.1) is 6.54 Å². The number of aliphatic imine (C=N–C) groups is 1. The first-order valence-electron chi connectivity index (χ1n) is 10.6. The van der Waals surface area contributed by atoms with Gasteiger partial charge >= 0.3 is 0 Å². The monoisotopic (exact) mass is 406 g/mol. The van der Waals surface area contributed by atoms with E-state index < -0.39 is 0 Å². The van der Waals surface area contributed by atoms with Crippen molar-refractivity contribution >= 4 is 5.96 Å². The number of methoxy groups -OCH3 is 1. The van der Waals surface area contributed by atoms with Crippen molar-refractivity contribution in [2.24, 2.45) is 4.99 Å². The van der Waals surface area contributed by atoms with Crippen LogP contribution in [0.25, 0.3) is 0 Å². The zero-order chi connectivity index (χ0) is 21.1. The average molecular weight is 407 g/mol. The van der Waals surface area contributed by atoms with Crippen molar-refractivity contribution in [2.45, 2.75) is 32.6 Å². The number of fused-ring (bicyclic) bond motifs is 1. The SMILES string of the molecule is CCNC(=NCC(C)(C)c1ccc2c(c1)OCCO2)NCCN(C)CCCOC. The Bertz CT molecular complexity index is 649. The van der Waals surface area contributed by atoms with Crippen LogP contribution in [0, 0.1) is 0 Å². The molecule has 1 aromatic rings. The maximum atomic E-state index is 5.74. The molecule has 0 aromatic heterocycles. The molecule has 0 saturated heterocycles. The molecule has 7 heteroatoms. The summed E-state index contributed by atoms with van der Waals surface area (Å²) in [7, 11) is 3.87. The minimum Gasteiger partial charge on any atom is -0.486 e.